The van der Waals surface area contributed by atoms with Crippen molar-refractivity contribution in [2.24, 2.45) is 0 Å². The molecule has 0 aliphatic heterocycles. The molecular formula is C16H15BrN2O. The van der Waals surface area contributed by atoms with Crippen molar-refractivity contribution in [1.29, 1.82) is 0 Å². The number of benzene rings is 1. The molecule has 0 bridgehead atoms. The average Bonchev–Trinajstić information content (AvgIpc) is 2.63. The van der Waals surface area contributed by atoms with Crippen LogP contribution in [0.5, 0.6) is 0 Å². The molecule has 1 aromatic carbocycles. The van der Waals surface area contributed by atoms with Crippen LogP contribution in [0.1, 0.15) is 46.7 Å². The summed E-state index contributed by atoms with van der Waals surface area (Å²) in [6.07, 6.45) is 5.89. The lowest BCUT2D eigenvalue weighted by molar-refractivity contribution is 0.0981. The number of ketones is 1. The Bertz CT molecular complexity index is 655. The van der Waals surface area contributed by atoms with Crippen LogP contribution in [0, 0.1) is 0 Å². The second kappa shape index (κ2) is 5.83. The number of carbonyl (C=O) groups excluding carboxylic acids is 1. The van der Waals surface area contributed by atoms with E-state index in [1.807, 2.05) is 18.2 Å². The molecule has 0 radical (unpaired) electrons. The number of nitrogens with zero attached hydrogens (tertiary/aromatic N) is 2. The SMILES string of the molecule is O=C1CCCCc2nc(Cc3ccccc3Br)ncc21. The van der Waals surface area contributed by atoms with Gasteiger partial charge in [-0.25, -0.2) is 9.97 Å². The van der Waals surface area contributed by atoms with Gasteiger partial charge in [-0.3, -0.25) is 4.79 Å². The van der Waals surface area contributed by atoms with Crippen molar-refractivity contribution in [2.75, 3.05) is 0 Å². The number of hydrogen-bond acceptors (Lipinski definition) is 3. The van der Waals surface area contributed by atoms with E-state index in [0.717, 1.165) is 46.4 Å². The molecule has 1 aliphatic carbocycles. The first-order valence-corrected chi connectivity index (χ1v) is 7.65. The zero-order valence-electron chi connectivity index (χ0n) is 11.1. The van der Waals surface area contributed by atoms with Crippen LogP contribution in [0.4, 0.5) is 0 Å². The number of carbonyl (C=O) groups is 1. The van der Waals surface area contributed by atoms with E-state index in [-0.39, 0.29) is 5.78 Å². The monoisotopic (exact) mass is 330 g/mol. The van der Waals surface area contributed by atoms with Crippen LogP contribution in [0.2, 0.25) is 0 Å². The minimum atomic E-state index is 0.185. The summed E-state index contributed by atoms with van der Waals surface area (Å²) in [6, 6.07) is 8.07. The molecule has 3 rings (SSSR count). The molecule has 0 saturated heterocycles. The first-order valence-electron chi connectivity index (χ1n) is 6.85. The van der Waals surface area contributed by atoms with Gasteiger partial charge >= 0.3 is 0 Å². The van der Waals surface area contributed by atoms with Gasteiger partial charge in [0.2, 0.25) is 0 Å². The number of aromatic nitrogens is 2. The van der Waals surface area contributed by atoms with E-state index in [2.05, 4.69) is 32.0 Å². The van der Waals surface area contributed by atoms with Crippen molar-refractivity contribution >= 4 is 21.7 Å². The minimum absolute atomic E-state index is 0.185. The number of Topliss-reactive ketones (excluding diaryl/α,β-unsaturated/α-hetero) is 1. The second-order valence-electron chi connectivity index (χ2n) is 5.05. The zero-order chi connectivity index (χ0) is 13.9. The molecule has 0 amide bonds. The molecule has 4 heteroatoms. The summed E-state index contributed by atoms with van der Waals surface area (Å²) in [5.41, 5.74) is 2.80. The fraction of sp³-hybridized carbons (Fsp3) is 0.312. The fourth-order valence-electron chi connectivity index (χ4n) is 2.49. The van der Waals surface area contributed by atoms with Crippen LogP contribution >= 0.6 is 15.9 Å². The van der Waals surface area contributed by atoms with E-state index in [1.54, 1.807) is 6.20 Å². The van der Waals surface area contributed by atoms with Crippen LogP contribution in [-0.2, 0) is 12.8 Å². The lowest BCUT2D eigenvalue weighted by atomic mass is 10.1. The van der Waals surface area contributed by atoms with Crippen molar-refractivity contribution in [2.45, 2.75) is 32.1 Å². The molecule has 0 N–H and O–H groups in total. The molecule has 2 aromatic rings. The number of aryl methyl sites for hydroxylation is 1. The Balaban J connectivity index is 1.91. The van der Waals surface area contributed by atoms with Gasteiger partial charge in [0.1, 0.15) is 5.82 Å². The van der Waals surface area contributed by atoms with Crippen LogP contribution in [0.15, 0.2) is 34.9 Å². The standard InChI is InChI=1S/C16H15BrN2O/c17-13-6-2-1-5-11(13)9-16-18-10-12-14(19-16)7-3-4-8-15(12)20/h1-2,5-6,10H,3-4,7-9H2. The lowest BCUT2D eigenvalue weighted by Gasteiger charge is -2.07. The van der Waals surface area contributed by atoms with Gasteiger partial charge in [0, 0.05) is 23.5 Å². The third-order valence-electron chi connectivity index (χ3n) is 3.59. The van der Waals surface area contributed by atoms with Gasteiger partial charge < -0.3 is 0 Å². The molecule has 0 saturated carbocycles. The fourth-order valence-corrected chi connectivity index (χ4v) is 2.92. The van der Waals surface area contributed by atoms with E-state index in [4.69, 9.17) is 0 Å². The summed E-state index contributed by atoms with van der Waals surface area (Å²) >= 11 is 3.54. The zero-order valence-corrected chi connectivity index (χ0v) is 12.7. The van der Waals surface area contributed by atoms with E-state index in [1.165, 1.54) is 0 Å². The Labute approximate surface area is 126 Å². The maximum atomic E-state index is 11.9. The van der Waals surface area contributed by atoms with Crippen molar-refractivity contribution in [3.05, 3.63) is 57.6 Å². The number of hydrogen-bond donors (Lipinski definition) is 0. The predicted molar refractivity (Wildman–Crippen MR) is 80.9 cm³/mol. The van der Waals surface area contributed by atoms with E-state index in [0.29, 0.717) is 12.8 Å². The van der Waals surface area contributed by atoms with Crippen molar-refractivity contribution in [3.8, 4) is 0 Å². The van der Waals surface area contributed by atoms with Crippen LogP contribution in [-0.4, -0.2) is 15.8 Å². The van der Waals surface area contributed by atoms with Crippen LogP contribution < -0.4 is 0 Å². The molecule has 1 aromatic heterocycles. The van der Waals surface area contributed by atoms with Crippen molar-refractivity contribution in [3.63, 3.8) is 0 Å². The largest absolute Gasteiger partial charge is 0.294 e. The highest BCUT2D eigenvalue weighted by Gasteiger charge is 2.17. The first kappa shape index (κ1) is 13.4. The molecule has 3 nitrogen and oxygen atoms in total. The predicted octanol–water partition coefficient (Wildman–Crippen LogP) is 3.74. The van der Waals surface area contributed by atoms with Gasteiger partial charge in [-0.1, -0.05) is 34.1 Å². The van der Waals surface area contributed by atoms with Crippen LogP contribution in [0.25, 0.3) is 0 Å². The third kappa shape index (κ3) is 2.80. The van der Waals surface area contributed by atoms with Crippen molar-refractivity contribution in [1.82, 2.24) is 9.97 Å². The normalized spacial score (nSPS) is 14.8. The Morgan fingerprint density at radius 1 is 1.15 bits per heavy atom. The van der Waals surface area contributed by atoms with Crippen LogP contribution in [0.3, 0.4) is 0 Å². The molecule has 1 aliphatic rings. The Morgan fingerprint density at radius 3 is 2.80 bits per heavy atom. The number of fused-ring (bicyclic) bond motifs is 1. The minimum Gasteiger partial charge on any atom is -0.294 e. The topological polar surface area (TPSA) is 42.9 Å². The summed E-state index contributed by atoms with van der Waals surface area (Å²) in [7, 11) is 0. The van der Waals surface area contributed by atoms with Gasteiger partial charge in [-0.15, -0.1) is 0 Å². The summed E-state index contributed by atoms with van der Waals surface area (Å²) in [5, 5.41) is 0. The molecule has 1 heterocycles. The van der Waals surface area contributed by atoms with E-state index < -0.39 is 0 Å². The summed E-state index contributed by atoms with van der Waals surface area (Å²) in [5.74, 6) is 0.968. The lowest BCUT2D eigenvalue weighted by Crippen LogP contribution is -2.07. The molecule has 0 atom stereocenters. The number of halogens is 1. The van der Waals surface area contributed by atoms with Gasteiger partial charge in [0.15, 0.2) is 5.78 Å². The highest BCUT2D eigenvalue weighted by Crippen LogP contribution is 2.21. The van der Waals surface area contributed by atoms with E-state index in [9.17, 15) is 4.79 Å². The Kier molecular flexibility index (Phi) is 3.92. The highest BCUT2D eigenvalue weighted by molar-refractivity contribution is 9.10. The van der Waals surface area contributed by atoms with Gasteiger partial charge in [0.05, 0.1) is 11.3 Å². The summed E-state index contributed by atoms with van der Waals surface area (Å²) in [4.78, 5) is 20.9. The smallest absolute Gasteiger partial charge is 0.166 e. The Morgan fingerprint density at radius 2 is 1.95 bits per heavy atom. The highest BCUT2D eigenvalue weighted by atomic mass is 79.9. The second-order valence-corrected chi connectivity index (χ2v) is 5.90. The maximum Gasteiger partial charge on any atom is 0.166 e. The van der Waals surface area contributed by atoms with Gasteiger partial charge in [-0.2, -0.15) is 0 Å². The molecule has 20 heavy (non-hydrogen) atoms. The molecule has 0 fully saturated rings. The summed E-state index contributed by atoms with van der Waals surface area (Å²) in [6.45, 7) is 0. The first-order chi connectivity index (χ1) is 9.74. The molecule has 0 unspecified atom stereocenters. The third-order valence-corrected chi connectivity index (χ3v) is 4.37. The van der Waals surface area contributed by atoms with Crippen molar-refractivity contribution < 1.29 is 4.79 Å². The maximum absolute atomic E-state index is 11.9. The molecular weight excluding hydrogens is 316 g/mol. The molecule has 0 spiro atoms. The average molecular weight is 331 g/mol. The summed E-state index contributed by atoms with van der Waals surface area (Å²) < 4.78 is 1.06. The Hall–Kier alpha value is -1.55. The van der Waals surface area contributed by atoms with Gasteiger partial charge in [-0.05, 0) is 30.9 Å². The van der Waals surface area contributed by atoms with Gasteiger partial charge in [0.25, 0.3) is 0 Å². The van der Waals surface area contributed by atoms with E-state index >= 15 is 0 Å². The molecule has 102 valence electrons. The quantitative estimate of drug-likeness (QED) is 0.788. The number of rotatable bonds is 2.